The van der Waals surface area contributed by atoms with Gasteiger partial charge in [-0.15, -0.1) is 0 Å². The van der Waals surface area contributed by atoms with Crippen molar-refractivity contribution in [1.82, 2.24) is 9.97 Å². The Morgan fingerprint density at radius 2 is 1.95 bits per heavy atom. The van der Waals surface area contributed by atoms with Crippen molar-refractivity contribution < 1.29 is 24.8 Å². The normalized spacial score (nSPS) is 30.5. The molecule has 1 saturated heterocycles. The van der Waals surface area contributed by atoms with Crippen LogP contribution in [0.4, 0.5) is 0 Å². The first-order valence-electron chi connectivity index (χ1n) is 5.52. The number of aliphatic hydroxyl groups is 3. The molecule has 1 fully saturated rings. The van der Waals surface area contributed by atoms with E-state index in [1.807, 2.05) is 4.98 Å². The first-order valence-corrected chi connectivity index (χ1v) is 5.52. The van der Waals surface area contributed by atoms with Crippen LogP contribution in [0, 0.1) is 0 Å². The molecule has 0 aromatic carbocycles. The standard InChI is InChI=1S/C10H14N2O7/c1-18-9-4(8(16)11-10(17)12-9)7-6(15)5(14)3(2-13)19-7/h3,5-7,13-15H,2H2,1H3,(H2,11,12,16,17)/t3-,5-,6-,7+/m1/s1. The summed E-state index contributed by atoms with van der Waals surface area (Å²) in [5, 5.41) is 28.5. The van der Waals surface area contributed by atoms with Crippen LogP contribution in [-0.2, 0) is 4.74 Å². The Kier molecular flexibility index (Phi) is 3.71. The predicted octanol–water partition coefficient (Wildman–Crippen LogP) is -2.77. The van der Waals surface area contributed by atoms with E-state index in [1.54, 1.807) is 0 Å². The first-order chi connectivity index (χ1) is 8.99. The van der Waals surface area contributed by atoms with Gasteiger partial charge in [-0.2, -0.15) is 0 Å². The molecule has 2 heterocycles. The third-order valence-electron chi connectivity index (χ3n) is 2.97. The molecule has 9 heteroatoms. The fourth-order valence-electron chi connectivity index (χ4n) is 2.03. The van der Waals surface area contributed by atoms with Gasteiger partial charge in [0.25, 0.3) is 5.56 Å². The second-order valence-electron chi connectivity index (χ2n) is 4.11. The van der Waals surface area contributed by atoms with E-state index in [0.717, 1.165) is 0 Å². The Morgan fingerprint density at radius 3 is 2.47 bits per heavy atom. The highest BCUT2D eigenvalue weighted by atomic mass is 16.6. The minimum Gasteiger partial charge on any atom is -0.482 e. The molecule has 0 amide bonds. The maximum atomic E-state index is 11.8. The number of aliphatic hydroxyl groups excluding tert-OH is 3. The fraction of sp³-hybridized carbons (Fsp3) is 0.600. The quantitative estimate of drug-likeness (QED) is 0.401. The highest BCUT2D eigenvalue weighted by Crippen LogP contribution is 2.34. The van der Waals surface area contributed by atoms with Crippen molar-refractivity contribution in [3.63, 3.8) is 0 Å². The highest BCUT2D eigenvalue weighted by molar-refractivity contribution is 5.27. The molecule has 106 valence electrons. The Balaban J connectivity index is 2.48. The van der Waals surface area contributed by atoms with Crippen LogP contribution in [-0.4, -0.2) is 57.3 Å². The van der Waals surface area contributed by atoms with Crippen LogP contribution >= 0.6 is 0 Å². The van der Waals surface area contributed by atoms with Gasteiger partial charge < -0.3 is 24.8 Å². The van der Waals surface area contributed by atoms with Crippen molar-refractivity contribution in [2.75, 3.05) is 13.7 Å². The fourth-order valence-corrected chi connectivity index (χ4v) is 2.03. The molecule has 0 spiro atoms. The molecule has 2 rings (SSSR count). The average molecular weight is 274 g/mol. The van der Waals surface area contributed by atoms with E-state index in [4.69, 9.17) is 14.6 Å². The molecule has 1 aromatic rings. The monoisotopic (exact) mass is 274 g/mol. The summed E-state index contributed by atoms with van der Waals surface area (Å²) < 4.78 is 10.1. The smallest absolute Gasteiger partial charge is 0.328 e. The van der Waals surface area contributed by atoms with Crippen LogP contribution in [0.2, 0.25) is 0 Å². The lowest BCUT2D eigenvalue weighted by Crippen LogP contribution is -2.34. The Hall–Kier alpha value is -1.68. The summed E-state index contributed by atoms with van der Waals surface area (Å²) in [6.45, 7) is -0.516. The van der Waals surface area contributed by atoms with E-state index in [2.05, 4.69) is 4.98 Å². The molecule has 4 atom stereocenters. The Labute approximate surface area is 106 Å². The van der Waals surface area contributed by atoms with E-state index in [0.29, 0.717) is 0 Å². The number of aromatic amines is 2. The maximum Gasteiger partial charge on any atom is 0.328 e. The molecule has 1 aliphatic rings. The van der Waals surface area contributed by atoms with Gasteiger partial charge in [0, 0.05) is 0 Å². The second-order valence-corrected chi connectivity index (χ2v) is 4.11. The molecule has 0 unspecified atom stereocenters. The van der Waals surface area contributed by atoms with Gasteiger partial charge in [-0.25, -0.2) is 4.79 Å². The molecular formula is C10H14N2O7. The number of hydrogen-bond acceptors (Lipinski definition) is 7. The third kappa shape index (κ3) is 2.28. The van der Waals surface area contributed by atoms with Crippen molar-refractivity contribution in [3.05, 3.63) is 26.4 Å². The molecule has 0 saturated carbocycles. The Bertz CT molecular complexity index is 566. The summed E-state index contributed by atoms with van der Waals surface area (Å²) in [6.07, 6.45) is -4.98. The van der Waals surface area contributed by atoms with Crippen molar-refractivity contribution in [2.24, 2.45) is 0 Å². The number of H-pyrrole nitrogens is 2. The predicted molar refractivity (Wildman–Crippen MR) is 60.9 cm³/mol. The minimum absolute atomic E-state index is 0.149. The number of aromatic nitrogens is 2. The molecule has 19 heavy (non-hydrogen) atoms. The van der Waals surface area contributed by atoms with Gasteiger partial charge >= 0.3 is 5.69 Å². The average Bonchev–Trinajstić information content (AvgIpc) is 2.65. The van der Waals surface area contributed by atoms with Crippen molar-refractivity contribution in [3.8, 4) is 5.88 Å². The zero-order valence-corrected chi connectivity index (χ0v) is 9.99. The molecule has 1 aromatic heterocycles. The lowest BCUT2D eigenvalue weighted by molar-refractivity contribution is -0.0239. The Morgan fingerprint density at radius 1 is 1.26 bits per heavy atom. The lowest BCUT2D eigenvalue weighted by atomic mass is 10.0. The van der Waals surface area contributed by atoms with Crippen molar-refractivity contribution >= 4 is 0 Å². The largest absolute Gasteiger partial charge is 0.482 e. The van der Waals surface area contributed by atoms with Crippen LogP contribution in [0.25, 0.3) is 0 Å². The second kappa shape index (κ2) is 5.13. The third-order valence-corrected chi connectivity index (χ3v) is 2.97. The van der Waals surface area contributed by atoms with Gasteiger partial charge in [0.15, 0.2) is 0 Å². The number of hydrogen-bond donors (Lipinski definition) is 5. The zero-order chi connectivity index (χ0) is 14.2. The van der Waals surface area contributed by atoms with Crippen LogP contribution in [0.1, 0.15) is 11.7 Å². The molecule has 9 nitrogen and oxygen atoms in total. The van der Waals surface area contributed by atoms with Gasteiger partial charge in [0.2, 0.25) is 5.88 Å². The number of ether oxygens (including phenoxy) is 2. The summed E-state index contributed by atoms with van der Waals surface area (Å²) in [7, 11) is 1.23. The summed E-state index contributed by atoms with van der Waals surface area (Å²) in [4.78, 5) is 27.1. The molecule has 0 radical (unpaired) electrons. The minimum atomic E-state index is -1.42. The first kappa shape index (κ1) is 13.7. The molecule has 0 bridgehead atoms. The number of rotatable bonds is 3. The van der Waals surface area contributed by atoms with Crippen LogP contribution in [0.3, 0.4) is 0 Å². The zero-order valence-electron chi connectivity index (χ0n) is 9.99. The van der Waals surface area contributed by atoms with Gasteiger partial charge in [0.1, 0.15) is 30.0 Å². The maximum absolute atomic E-state index is 11.8. The molecular weight excluding hydrogens is 260 g/mol. The van der Waals surface area contributed by atoms with Crippen LogP contribution < -0.4 is 16.0 Å². The van der Waals surface area contributed by atoms with Gasteiger partial charge in [-0.1, -0.05) is 0 Å². The molecule has 0 aliphatic carbocycles. The van der Waals surface area contributed by atoms with E-state index in [-0.39, 0.29) is 11.4 Å². The lowest BCUT2D eigenvalue weighted by Gasteiger charge is -2.16. The van der Waals surface area contributed by atoms with Gasteiger partial charge in [-0.05, 0) is 0 Å². The molecule has 1 aliphatic heterocycles. The topological polar surface area (TPSA) is 145 Å². The van der Waals surface area contributed by atoms with Gasteiger partial charge in [0.05, 0.1) is 13.7 Å². The molecule has 5 N–H and O–H groups in total. The van der Waals surface area contributed by atoms with E-state index >= 15 is 0 Å². The SMILES string of the molecule is COc1[nH]c(=O)[nH]c(=O)c1[C@@H]1O[C@H](CO)[C@@H](O)[C@H]1O. The summed E-state index contributed by atoms with van der Waals surface area (Å²) in [5.41, 5.74) is -1.71. The number of nitrogens with one attached hydrogen (secondary N) is 2. The van der Waals surface area contributed by atoms with Crippen LogP contribution in [0.15, 0.2) is 9.59 Å². The highest BCUT2D eigenvalue weighted by Gasteiger charge is 2.45. The van der Waals surface area contributed by atoms with E-state index < -0.39 is 42.3 Å². The van der Waals surface area contributed by atoms with E-state index in [9.17, 15) is 19.8 Å². The van der Waals surface area contributed by atoms with Crippen LogP contribution in [0.5, 0.6) is 5.88 Å². The van der Waals surface area contributed by atoms with Crippen molar-refractivity contribution in [1.29, 1.82) is 0 Å². The van der Waals surface area contributed by atoms with Crippen molar-refractivity contribution in [2.45, 2.75) is 24.4 Å². The number of methoxy groups -OCH3 is 1. The van der Waals surface area contributed by atoms with E-state index in [1.165, 1.54) is 7.11 Å². The summed E-state index contributed by atoms with van der Waals surface area (Å²) >= 11 is 0. The summed E-state index contributed by atoms with van der Waals surface area (Å²) in [5.74, 6) is -0.163. The van der Waals surface area contributed by atoms with Gasteiger partial charge in [-0.3, -0.25) is 14.8 Å². The summed E-state index contributed by atoms with van der Waals surface area (Å²) in [6, 6.07) is 0.